The molecule has 0 bridgehead atoms. The predicted molar refractivity (Wildman–Crippen MR) is 56.6 cm³/mol. The van der Waals surface area contributed by atoms with Gasteiger partial charge in [0.1, 0.15) is 0 Å². The van der Waals surface area contributed by atoms with E-state index in [1.165, 1.54) is 22.5 Å². The summed E-state index contributed by atoms with van der Waals surface area (Å²) in [6, 6.07) is 5.93. The van der Waals surface area contributed by atoms with Gasteiger partial charge in [-0.3, -0.25) is 0 Å². The summed E-state index contributed by atoms with van der Waals surface area (Å²) in [4.78, 5) is 4.57. The number of benzene rings is 1. The minimum atomic E-state index is 0.746. The number of nitrogens with zero attached hydrogens (tertiary/aromatic N) is 1. The van der Waals surface area contributed by atoms with Gasteiger partial charge in [0.15, 0.2) is 0 Å². The Morgan fingerprint density at radius 2 is 2.23 bits per heavy atom. The highest BCUT2D eigenvalue weighted by atomic mass is 35.5. The highest BCUT2D eigenvalue weighted by molar-refractivity contribution is 7.18. The molecule has 1 aromatic carbocycles. The van der Waals surface area contributed by atoms with Gasteiger partial charge in [-0.15, -0.1) is 11.3 Å². The molecule has 0 N–H and O–H groups in total. The summed E-state index contributed by atoms with van der Waals surface area (Å²) in [6.45, 7) is 0. The number of rotatable bonds is 1. The fourth-order valence-electron chi connectivity index (χ4n) is 1.42. The van der Waals surface area contributed by atoms with Crippen LogP contribution in [-0.2, 0) is 0 Å². The fourth-order valence-corrected chi connectivity index (χ4v) is 2.71. The lowest BCUT2D eigenvalue weighted by Gasteiger charge is -1.86. The van der Waals surface area contributed by atoms with E-state index in [1.807, 2.05) is 12.1 Å². The molecule has 0 spiro atoms. The number of hydrogen-bond acceptors (Lipinski definition) is 2. The average molecular weight is 210 g/mol. The first-order chi connectivity index (χ1) is 6.33. The van der Waals surface area contributed by atoms with Crippen LogP contribution in [0.15, 0.2) is 18.2 Å². The van der Waals surface area contributed by atoms with E-state index in [1.54, 1.807) is 11.3 Å². The van der Waals surface area contributed by atoms with Crippen LogP contribution in [0.3, 0.4) is 0 Å². The average Bonchev–Trinajstić information content (AvgIpc) is 2.87. The highest BCUT2D eigenvalue weighted by Crippen LogP contribution is 2.43. The Hall–Kier alpha value is -0.600. The normalized spacial score (nSPS) is 16.7. The number of fused-ring (bicyclic) bond motifs is 1. The summed E-state index contributed by atoms with van der Waals surface area (Å²) in [5, 5.41) is 2.07. The first-order valence-corrected chi connectivity index (χ1v) is 5.58. The monoisotopic (exact) mass is 209 g/mol. The quantitative estimate of drug-likeness (QED) is 0.696. The summed E-state index contributed by atoms with van der Waals surface area (Å²) in [5.41, 5.74) is 1.06. The van der Waals surface area contributed by atoms with Crippen LogP contribution >= 0.6 is 22.9 Å². The Kier molecular flexibility index (Phi) is 1.61. The molecular formula is C10H8ClNS. The van der Waals surface area contributed by atoms with Crippen molar-refractivity contribution in [2.75, 3.05) is 0 Å². The highest BCUT2D eigenvalue weighted by Gasteiger charge is 2.26. The maximum atomic E-state index is 5.89. The number of hydrogen-bond donors (Lipinski definition) is 0. The molecule has 1 nitrogen and oxygen atoms in total. The lowest BCUT2D eigenvalue weighted by atomic mass is 10.3. The summed E-state index contributed by atoms with van der Waals surface area (Å²) < 4.78 is 1.26. The molecule has 0 saturated heterocycles. The van der Waals surface area contributed by atoms with Crippen molar-refractivity contribution in [1.29, 1.82) is 0 Å². The third-order valence-electron chi connectivity index (χ3n) is 2.29. The molecule has 1 aromatic heterocycles. The van der Waals surface area contributed by atoms with Gasteiger partial charge in [0.2, 0.25) is 0 Å². The number of halogens is 1. The van der Waals surface area contributed by atoms with E-state index in [0.717, 1.165) is 16.5 Å². The Bertz CT molecular complexity index is 459. The molecule has 13 heavy (non-hydrogen) atoms. The first kappa shape index (κ1) is 7.77. The minimum Gasteiger partial charge on any atom is -0.241 e. The van der Waals surface area contributed by atoms with Gasteiger partial charge in [-0.2, -0.15) is 0 Å². The van der Waals surface area contributed by atoms with Crippen LogP contribution in [0.25, 0.3) is 10.2 Å². The molecule has 0 amide bonds. The van der Waals surface area contributed by atoms with Crippen LogP contribution in [-0.4, -0.2) is 4.98 Å². The molecular weight excluding hydrogens is 202 g/mol. The number of thiazole rings is 1. The topological polar surface area (TPSA) is 12.9 Å². The number of aromatic nitrogens is 1. The molecule has 66 valence electrons. The Morgan fingerprint density at radius 1 is 1.38 bits per heavy atom. The van der Waals surface area contributed by atoms with Gasteiger partial charge in [-0.1, -0.05) is 11.6 Å². The zero-order valence-corrected chi connectivity index (χ0v) is 8.53. The van der Waals surface area contributed by atoms with Crippen molar-refractivity contribution in [1.82, 2.24) is 4.98 Å². The van der Waals surface area contributed by atoms with E-state index in [4.69, 9.17) is 11.6 Å². The fraction of sp³-hybridized carbons (Fsp3) is 0.300. The molecule has 0 atom stereocenters. The maximum Gasteiger partial charge on any atom is 0.0969 e. The summed E-state index contributed by atoms with van der Waals surface area (Å²) in [7, 11) is 0. The van der Waals surface area contributed by atoms with Crippen molar-refractivity contribution in [2.45, 2.75) is 18.8 Å². The third kappa shape index (κ3) is 1.34. The Labute approximate surface area is 85.4 Å². The summed E-state index contributed by atoms with van der Waals surface area (Å²) >= 11 is 7.69. The molecule has 1 saturated carbocycles. The van der Waals surface area contributed by atoms with Gasteiger partial charge in [-0.25, -0.2) is 4.98 Å². The molecule has 1 aliphatic rings. The van der Waals surface area contributed by atoms with Crippen LogP contribution < -0.4 is 0 Å². The van der Waals surface area contributed by atoms with Crippen LogP contribution in [0.1, 0.15) is 23.8 Å². The van der Waals surface area contributed by atoms with Crippen LogP contribution in [0.2, 0.25) is 5.02 Å². The standard InChI is InChI=1S/C10H8ClNS/c11-7-3-4-9-8(5-7)12-10(13-9)6-1-2-6/h3-6H,1-2H2. The first-order valence-electron chi connectivity index (χ1n) is 4.39. The van der Waals surface area contributed by atoms with Gasteiger partial charge in [0.05, 0.1) is 15.2 Å². The lowest BCUT2D eigenvalue weighted by Crippen LogP contribution is -1.73. The molecule has 2 aromatic rings. The molecule has 1 heterocycles. The molecule has 1 aliphatic carbocycles. The predicted octanol–water partition coefficient (Wildman–Crippen LogP) is 3.83. The maximum absolute atomic E-state index is 5.89. The second-order valence-corrected chi connectivity index (χ2v) is 4.94. The lowest BCUT2D eigenvalue weighted by molar-refractivity contribution is 1.10. The molecule has 3 heteroatoms. The van der Waals surface area contributed by atoms with Crippen molar-refractivity contribution in [3.8, 4) is 0 Å². The second-order valence-electron chi connectivity index (χ2n) is 3.44. The van der Waals surface area contributed by atoms with E-state index < -0.39 is 0 Å². The van der Waals surface area contributed by atoms with E-state index >= 15 is 0 Å². The van der Waals surface area contributed by atoms with Crippen molar-refractivity contribution < 1.29 is 0 Å². The Balaban J connectivity index is 2.20. The van der Waals surface area contributed by atoms with Crippen molar-refractivity contribution >= 4 is 33.2 Å². The Morgan fingerprint density at radius 3 is 3.00 bits per heavy atom. The van der Waals surface area contributed by atoms with Crippen LogP contribution in [0.4, 0.5) is 0 Å². The van der Waals surface area contributed by atoms with E-state index in [9.17, 15) is 0 Å². The zero-order chi connectivity index (χ0) is 8.84. The van der Waals surface area contributed by atoms with Crippen LogP contribution in [0, 0.1) is 0 Å². The van der Waals surface area contributed by atoms with Crippen molar-refractivity contribution in [3.05, 3.63) is 28.2 Å². The van der Waals surface area contributed by atoms with Crippen molar-refractivity contribution in [2.24, 2.45) is 0 Å². The van der Waals surface area contributed by atoms with Crippen molar-refractivity contribution in [3.63, 3.8) is 0 Å². The summed E-state index contributed by atoms with van der Waals surface area (Å²) in [6.07, 6.45) is 2.63. The molecule has 0 unspecified atom stereocenters. The van der Waals surface area contributed by atoms with E-state index in [2.05, 4.69) is 11.1 Å². The largest absolute Gasteiger partial charge is 0.241 e. The molecule has 0 aliphatic heterocycles. The third-order valence-corrected chi connectivity index (χ3v) is 3.73. The minimum absolute atomic E-state index is 0.746. The van der Waals surface area contributed by atoms with Gasteiger partial charge < -0.3 is 0 Å². The summed E-state index contributed by atoms with van der Waals surface area (Å²) in [5.74, 6) is 0.746. The van der Waals surface area contributed by atoms with E-state index in [0.29, 0.717) is 0 Å². The van der Waals surface area contributed by atoms with Gasteiger partial charge >= 0.3 is 0 Å². The molecule has 3 rings (SSSR count). The van der Waals surface area contributed by atoms with Gasteiger partial charge in [-0.05, 0) is 31.0 Å². The van der Waals surface area contributed by atoms with Gasteiger partial charge in [0, 0.05) is 10.9 Å². The zero-order valence-electron chi connectivity index (χ0n) is 6.96. The second kappa shape index (κ2) is 2.69. The van der Waals surface area contributed by atoms with Crippen LogP contribution in [0.5, 0.6) is 0 Å². The molecule has 0 radical (unpaired) electrons. The smallest absolute Gasteiger partial charge is 0.0969 e. The van der Waals surface area contributed by atoms with E-state index in [-0.39, 0.29) is 0 Å². The molecule has 1 fully saturated rings. The SMILES string of the molecule is Clc1ccc2sc(C3CC3)nc2c1. The van der Waals surface area contributed by atoms with Gasteiger partial charge in [0.25, 0.3) is 0 Å².